The molecule has 0 fully saturated rings. The molecule has 1 unspecified atom stereocenters. The van der Waals surface area contributed by atoms with Crippen molar-refractivity contribution in [2.75, 3.05) is 0 Å². The Morgan fingerprint density at radius 2 is 1.70 bits per heavy atom. The molecule has 2 aromatic heterocycles. The van der Waals surface area contributed by atoms with Gasteiger partial charge in [0.25, 0.3) is 0 Å². The lowest BCUT2D eigenvalue weighted by molar-refractivity contribution is -0.199. The normalized spacial score (nSPS) is 13.1. The van der Waals surface area contributed by atoms with Gasteiger partial charge in [-0.3, -0.25) is 4.98 Å². The average Bonchev–Trinajstić information content (AvgIpc) is 3.31. The monoisotopic (exact) mass is 453 g/mol. The van der Waals surface area contributed by atoms with Crippen LogP contribution in [-0.4, -0.2) is 30.7 Å². The van der Waals surface area contributed by atoms with Gasteiger partial charge < -0.3 is 5.11 Å². The number of aromatic nitrogens is 5. The smallest absolute Gasteiger partial charge is 0.322 e. The van der Waals surface area contributed by atoms with Gasteiger partial charge in [0.2, 0.25) is 0 Å². The van der Waals surface area contributed by atoms with Crippen molar-refractivity contribution in [1.29, 1.82) is 0 Å². The molecule has 0 aliphatic rings. The van der Waals surface area contributed by atoms with Crippen LogP contribution in [0.25, 0.3) is 0 Å². The van der Waals surface area contributed by atoms with Crippen LogP contribution in [0.1, 0.15) is 28.2 Å². The van der Waals surface area contributed by atoms with Gasteiger partial charge in [0, 0.05) is 29.0 Å². The molecule has 0 amide bonds. The predicted molar refractivity (Wildman–Crippen MR) is 109 cm³/mol. The second-order valence-corrected chi connectivity index (χ2v) is 7.11. The van der Waals surface area contributed by atoms with E-state index in [4.69, 9.17) is 0 Å². The highest BCUT2D eigenvalue weighted by Gasteiger charge is 2.57. The number of hydrogen-bond acceptors (Lipinski definition) is 5. The SMILES string of the molecule is OC(Cc1nn[nH]n1)(c1ccc(F)cc1F)C(F)(F)c1ccc(C#Cc2ccccc2)cn1. The molecule has 0 bridgehead atoms. The molecule has 4 aromatic rings. The van der Waals surface area contributed by atoms with Crippen LogP contribution in [0, 0.1) is 23.5 Å². The topological polar surface area (TPSA) is 87.6 Å². The molecule has 0 spiro atoms. The van der Waals surface area contributed by atoms with Crippen LogP contribution in [-0.2, 0) is 17.9 Å². The molecule has 33 heavy (non-hydrogen) atoms. The van der Waals surface area contributed by atoms with Crippen molar-refractivity contribution < 1.29 is 22.7 Å². The van der Waals surface area contributed by atoms with Crippen molar-refractivity contribution in [3.8, 4) is 11.8 Å². The molecule has 166 valence electrons. The number of alkyl halides is 2. The summed E-state index contributed by atoms with van der Waals surface area (Å²) in [4.78, 5) is 3.76. The third kappa shape index (κ3) is 4.44. The number of aromatic amines is 1. The van der Waals surface area contributed by atoms with Gasteiger partial charge in [-0.15, -0.1) is 10.2 Å². The maximum Gasteiger partial charge on any atom is 0.322 e. The second kappa shape index (κ2) is 8.80. The lowest BCUT2D eigenvalue weighted by atomic mass is 9.81. The van der Waals surface area contributed by atoms with E-state index in [0.29, 0.717) is 11.6 Å². The summed E-state index contributed by atoms with van der Waals surface area (Å²) in [7, 11) is 0. The quantitative estimate of drug-likeness (QED) is 0.357. The molecule has 2 aromatic carbocycles. The summed E-state index contributed by atoms with van der Waals surface area (Å²) in [5, 5.41) is 23.6. The van der Waals surface area contributed by atoms with Gasteiger partial charge in [0.1, 0.15) is 17.3 Å². The third-order valence-electron chi connectivity index (χ3n) is 4.91. The number of nitrogens with zero attached hydrogens (tertiary/aromatic N) is 4. The number of pyridine rings is 1. The minimum atomic E-state index is -4.13. The maximum absolute atomic E-state index is 15.7. The van der Waals surface area contributed by atoms with Crippen molar-refractivity contribution in [1.82, 2.24) is 25.6 Å². The van der Waals surface area contributed by atoms with Crippen molar-refractivity contribution in [2.24, 2.45) is 0 Å². The van der Waals surface area contributed by atoms with Crippen LogP contribution < -0.4 is 0 Å². The molecule has 0 aliphatic heterocycles. The Labute approximate surface area is 185 Å². The van der Waals surface area contributed by atoms with Gasteiger partial charge in [-0.05, 0) is 30.3 Å². The Morgan fingerprint density at radius 1 is 0.939 bits per heavy atom. The minimum absolute atomic E-state index is 0.300. The summed E-state index contributed by atoms with van der Waals surface area (Å²) in [5.41, 5.74) is -3.80. The van der Waals surface area contributed by atoms with E-state index >= 15 is 8.78 Å². The predicted octanol–water partition coefficient (Wildman–Crippen LogP) is 3.50. The molecule has 0 radical (unpaired) electrons. The Hall–Kier alpha value is -4.10. The van der Waals surface area contributed by atoms with E-state index in [1.54, 1.807) is 12.1 Å². The summed E-state index contributed by atoms with van der Waals surface area (Å²) in [6.45, 7) is 0. The number of nitrogens with one attached hydrogen (secondary N) is 1. The largest absolute Gasteiger partial charge is 0.378 e. The zero-order valence-corrected chi connectivity index (χ0v) is 16.8. The molecule has 0 aliphatic carbocycles. The molecule has 4 rings (SSSR count). The summed E-state index contributed by atoms with van der Waals surface area (Å²) in [6, 6.07) is 13.3. The highest BCUT2D eigenvalue weighted by Crippen LogP contribution is 2.47. The highest BCUT2D eigenvalue weighted by atomic mass is 19.3. The number of halogens is 4. The Balaban J connectivity index is 1.72. The minimum Gasteiger partial charge on any atom is -0.378 e. The fourth-order valence-corrected chi connectivity index (χ4v) is 3.22. The molecular weight excluding hydrogens is 438 g/mol. The van der Waals surface area contributed by atoms with Gasteiger partial charge >= 0.3 is 5.92 Å². The third-order valence-corrected chi connectivity index (χ3v) is 4.91. The van der Waals surface area contributed by atoms with E-state index in [0.717, 1.165) is 30.0 Å². The first-order chi connectivity index (χ1) is 15.8. The average molecular weight is 453 g/mol. The molecule has 0 saturated carbocycles. The van der Waals surface area contributed by atoms with Crippen LogP contribution in [0.3, 0.4) is 0 Å². The van der Waals surface area contributed by atoms with E-state index < -0.39 is 40.8 Å². The van der Waals surface area contributed by atoms with E-state index in [1.807, 2.05) is 18.2 Å². The van der Waals surface area contributed by atoms with Crippen LogP contribution in [0.4, 0.5) is 17.6 Å². The van der Waals surface area contributed by atoms with E-state index in [-0.39, 0.29) is 5.82 Å². The summed E-state index contributed by atoms with van der Waals surface area (Å²) >= 11 is 0. The van der Waals surface area contributed by atoms with Crippen molar-refractivity contribution in [2.45, 2.75) is 17.9 Å². The molecule has 2 heterocycles. The number of rotatable bonds is 5. The molecule has 10 heteroatoms. The van der Waals surface area contributed by atoms with Gasteiger partial charge in [-0.2, -0.15) is 14.0 Å². The lowest BCUT2D eigenvalue weighted by Gasteiger charge is -2.35. The van der Waals surface area contributed by atoms with Gasteiger partial charge in [0.05, 0.1) is 6.42 Å². The number of H-pyrrole nitrogens is 1. The molecule has 0 saturated heterocycles. The summed E-state index contributed by atoms with van der Waals surface area (Å²) in [6.07, 6.45) is 0.200. The number of hydrogen-bond donors (Lipinski definition) is 2. The van der Waals surface area contributed by atoms with E-state index in [1.165, 1.54) is 6.07 Å². The van der Waals surface area contributed by atoms with Gasteiger partial charge in [-0.1, -0.05) is 41.3 Å². The second-order valence-electron chi connectivity index (χ2n) is 7.11. The number of benzene rings is 2. The number of aliphatic hydroxyl groups is 1. The summed E-state index contributed by atoms with van der Waals surface area (Å²) in [5.74, 6) is -1.08. The van der Waals surface area contributed by atoms with Crippen LogP contribution in [0.5, 0.6) is 0 Å². The first-order valence-electron chi connectivity index (χ1n) is 9.61. The van der Waals surface area contributed by atoms with E-state index in [2.05, 4.69) is 37.4 Å². The highest BCUT2D eigenvalue weighted by molar-refractivity contribution is 5.42. The number of tetrazole rings is 1. The summed E-state index contributed by atoms with van der Waals surface area (Å²) < 4.78 is 59.2. The zero-order chi connectivity index (χ0) is 23.5. The Kier molecular flexibility index (Phi) is 5.89. The standard InChI is InChI=1S/C23H15F4N5O/c24-17-9-10-18(19(25)12-17)22(33,13-21-29-31-32-30-21)23(26,27)20-11-8-16(14-28-20)7-6-15-4-2-1-3-5-15/h1-5,8-12,14,33H,13H2,(H,29,30,31,32). The van der Waals surface area contributed by atoms with Crippen LogP contribution >= 0.6 is 0 Å². The van der Waals surface area contributed by atoms with E-state index in [9.17, 15) is 13.9 Å². The van der Waals surface area contributed by atoms with Crippen molar-refractivity contribution in [3.05, 3.63) is 107 Å². The van der Waals surface area contributed by atoms with Crippen molar-refractivity contribution in [3.63, 3.8) is 0 Å². The first-order valence-corrected chi connectivity index (χ1v) is 9.61. The Bertz CT molecular complexity index is 1300. The van der Waals surface area contributed by atoms with Crippen LogP contribution in [0.2, 0.25) is 0 Å². The van der Waals surface area contributed by atoms with Crippen molar-refractivity contribution >= 4 is 0 Å². The molecule has 2 N–H and O–H groups in total. The Morgan fingerprint density at radius 3 is 2.33 bits per heavy atom. The fraction of sp³-hybridized carbons (Fsp3) is 0.130. The van der Waals surface area contributed by atoms with Gasteiger partial charge in [0.15, 0.2) is 11.4 Å². The molecule has 1 atom stereocenters. The fourth-order valence-electron chi connectivity index (χ4n) is 3.22. The molecule has 6 nitrogen and oxygen atoms in total. The van der Waals surface area contributed by atoms with Gasteiger partial charge in [-0.25, -0.2) is 8.78 Å². The first kappa shape index (κ1) is 22.1. The maximum atomic E-state index is 15.7. The van der Waals surface area contributed by atoms with Crippen LogP contribution in [0.15, 0.2) is 66.9 Å². The lowest BCUT2D eigenvalue weighted by Crippen LogP contribution is -2.46. The molecular formula is C23H15F4N5O. The zero-order valence-electron chi connectivity index (χ0n) is 16.8.